The number of nitrogens with zero attached hydrogens (tertiary/aromatic N) is 1. The van der Waals surface area contributed by atoms with Crippen LogP contribution in [0.15, 0.2) is 42.6 Å². The van der Waals surface area contributed by atoms with E-state index in [2.05, 4.69) is 49.8 Å². The molecule has 2 nitrogen and oxygen atoms in total. The van der Waals surface area contributed by atoms with Gasteiger partial charge in [-0.2, -0.15) is 0 Å². The number of para-hydroxylation sites is 1. The molecule has 0 unspecified atom stereocenters. The summed E-state index contributed by atoms with van der Waals surface area (Å²) in [5.41, 5.74) is 3.91. The fraction of sp³-hybridized carbons (Fsp3) is 0.450. The predicted molar refractivity (Wildman–Crippen MR) is 104 cm³/mol. The van der Waals surface area contributed by atoms with Crippen molar-refractivity contribution in [2.45, 2.75) is 58.9 Å². The standard InChI is InChI=1S/C20H28N2S/c1-5-6-12-22-15-16(20(2,3)4)13-18(22)14-19(23)21-17-10-8-7-9-11-17/h7-11,13,15H,5-6,12,14H2,1-4H3,(H,21,23). The SMILES string of the molecule is CCCCn1cc(C(C)(C)C)cc1CC(=S)Nc1ccccc1. The van der Waals surface area contributed by atoms with Crippen LogP contribution in [0.1, 0.15) is 51.8 Å². The van der Waals surface area contributed by atoms with Crippen LogP contribution >= 0.6 is 12.2 Å². The van der Waals surface area contributed by atoms with Gasteiger partial charge in [-0.05, 0) is 35.6 Å². The van der Waals surface area contributed by atoms with Gasteiger partial charge in [0.1, 0.15) is 0 Å². The monoisotopic (exact) mass is 328 g/mol. The second kappa shape index (κ2) is 7.78. The second-order valence-electron chi connectivity index (χ2n) is 7.11. The van der Waals surface area contributed by atoms with Gasteiger partial charge in [0.25, 0.3) is 0 Å². The lowest BCUT2D eigenvalue weighted by Gasteiger charge is -2.16. The maximum atomic E-state index is 5.57. The minimum Gasteiger partial charge on any atom is -0.351 e. The van der Waals surface area contributed by atoms with E-state index in [1.807, 2.05) is 30.3 Å². The first kappa shape index (κ1) is 17.7. The van der Waals surface area contributed by atoms with Crippen LogP contribution in [0.5, 0.6) is 0 Å². The van der Waals surface area contributed by atoms with Crippen molar-refractivity contribution >= 4 is 22.9 Å². The van der Waals surface area contributed by atoms with Crippen LogP contribution in [-0.2, 0) is 18.4 Å². The summed E-state index contributed by atoms with van der Waals surface area (Å²) < 4.78 is 2.38. The van der Waals surface area contributed by atoms with Crippen LogP contribution in [0.2, 0.25) is 0 Å². The van der Waals surface area contributed by atoms with E-state index in [0.29, 0.717) is 0 Å². The van der Waals surface area contributed by atoms with Crippen molar-refractivity contribution < 1.29 is 0 Å². The molecule has 0 aliphatic rings. The first-order chi connectivity index (χ1) is 10.9. The zero-order valence-electron chi connectivity index (χ0n) is 14.7. The average Bonchev–Trinajstić information content (AvgIpc) is 2.89. The molecule has 0 spiro atoms. The third-order valence-corrected chi connectivity index (χ3v) is 4.25. The third kappa shape index (κ3) is 5.21. The lowest BCUT2D eigenvalue weighted by atomic mass is 9.89. The van der Waals surface area contributed by atoms with Crippen LogP contribution in [0.25, 0.3) is 0 Å². The molecule has 124 valence electrons. The van der Waals surface area contributed by atoms with Gasteiger partial charge in [-0.1, -0.05) is 64.5 Å². The first-order valence-electron chi connectivity index (χ1n) is 8.44. The van der Waals surface area contributed by atoms with Crippen molar-refractivity contribution in [2.75, 3.05) is 5.32 Å². The highest BCUT2D eigenvalue weighted by atomic mass is 32.1. The molecule has 0 saturated heterocycles. The highest BCUT2D eigenvalue weighted by Crippen LogP contribution is 2.25. The Balaban J connectivity index is 2.13. The molecule has 2 rings (SSSR count). The summed E-state index contributed by atoms with van der Waals surface area (Å²) in [5.74, 6) is 0. The van der Waals surface area contributed by atoms with Crippen LogP contribution in [0, 0.1) is 0 Å². The molecule has 1 aromatic carbocycles. The Kier molecular flexibility index (Phi) is 6.00. The highest BCUT2D eigenvalue weighted by molar-refractivity contribution is 7.80. The number of benzene rings is 1. The molecule has 0 bridgehead atoms. The summed E-state index contributed by atoms with van der Waals surface area (Å²) in [6.45, 7) is 10.1. The fourth-order valence-corrected chi connectivity index (χ4v) is 2.81. The molecule has 0 saturated carbocycles. The van der Waals surface area contributed by atoms with Crippen LogP contribution in [0.4, 0.5) is 5.69 Å². The molecule has 1 aromatic heterocycles. The maximum absolute atomic E-state index is 5.57. The van der Waals surface area contributed by atoms with E-state index < -0.39 is 0 Å². The van der Waals surface area contributed by atoms with E-state index in [9.17, 15) is 0 Å². The Morgan fingerprint density at radius 2 is 1.87 bits per heavy atom. The minimum absolute atomic E-state index is 0.167. The molecule has 3 heteroatoms. The van der Waals surface area contributed by atoms with Crippen molar-refractivity contribution in [1.29, 1.82) is 0 Å². The molecule has 0 aliphatic heterocycles. The first-order valence-corrected chi connectivity index (χ1v) is 8.85. The van der Waals surface area contributed by atoms with Gasteiger partial charge >= 0.3 is 0 Å². The number of aryl methyl sites for hydroxylation is 1. The smallest absolute Gasteiger partial charge is 0.0856 e. The molecule has 0 fully saturated rings. The van der Waals surface area contributed by atoms with Crippen LogP contribution in [0.3, 0.4) is 0 Å². The van der Waals surface area contributed by atoms with E-state index >= 15 is 0 Å². The molecule has 2 aromatic rings. The molecule has 1 N–H and O–H groups in total. The van der Waals surface area contributed by atoms with E-state index in [-0.39, 0.29) is 5.41 Å². The van der Waals surface area contributed by atoms with Crippen molar-refractivity contribution in [3.8, 4) is 0 Å². The Labute approximate surface area is 145 Å². The number of aromatic nitrogens is 1. The van der Waals surface area contributed by atoms with E-state index in [1.165, 1.54) is 24.1 Å². The highest BCUT2D eigenvalue weighted by Gasteiger charge is 2.18. The summed E-state index contributed by atoms with van der Waals surface area (Å²) >= 11 is 5.57. The molecule has 0 atom stereocenters. The number of anilines is 1. The Hall–Kier alpha value is -1.61. The maximum Gasteiger partial charge on any atom is 0.0856 e. The van der Waals surface area contributed by atoms with Gasteiger partial charge in [-0.25, -0.2) is 0 Å². The number of thiocarbonyl (C=S) groups is 1. The molecule has 0 amide bonds. The summed E-state index contributed by atoms with van der Waals surface area (Å²) in [5, 5.41) is 3.34. The van der Waals surface area contributed by atoms with Gasteiger partial charge < -0.3 is 9.88 Å². The normalized spacial score (nSPS) is 11.5. The topological polar surface area (TPSA) is 17.0 Å². The molecule has 0 aliphatic carbocycles. The molecular weight excluding hydrogens is 300 g/mol. The number of hydrogen-bond acceptors (Lipinski definition) is 1. The van der Waals surface area contributed by atoms with Gasteiger partial charge in [0.15, 0.2) is 0 Å². The molecule has 0 radical (unpaired) electrons. The number of nitrogens with one attached hydrogen (secondary N) is 1. The van der Waals surface area contributed by atoms with Crippen molar-refractivity contribution in [3.63, 3.8) is 0 Å². The summed E-state index contributed by atoms with van der Waals surface area (Å²) in [6, 6.07) is 12.5. The van der Waals surface area contributed by atoms with Crippen molar-refractivity contribution in [3.05, 3.63) is 53.9 Å². The molecule has 1 heterocycles. The number of unbranched alkanes of at least 4 members (excludes halogenated alkanes) is 1. The van der Waals surface area contributed by atoms with Gasteiger partial charge in [-0.3, -0.25) is 0 Å². The summed E-state index contributed by atoms with van der Waals surface area (Å²) in [4.78, 5) is 0.868. The number of rotatable bonds is 6. The van der Waals surface area contributed by atoms with Crippen LogP contribution < -0.4 is 5.32 Å². The van der Waals surface area contributed by atoms with E-state index in [0.717, 1.165) is 23.6 Å². The predicted octanol–water partition coefficient (Wildman–Crippen LogP) is 5.57. The quantitative estimate of drug-likeness (QED) is 0.698. The zero-order chi connectivity index (χ0) is 16.9. The van der Waals surface area contributed by atoms with Gasteiger partial charge in [-0.15, -0.1) is 0 Å². The second-order valence-corrected chi connectivity index (χ2v) is 7.60. The van der Waals surface area contributed by atoms with Crippen molar-refractivity contribution in [2.24, 2.45) is 0 Å². The Bertz CT molecular complexity index is 635. The fourth-order valence-electron chi connectivity index (χ4n) is 2.54. The van der Waals surface area contributed by atoms with Gasteiger partial charge in [0.2, 0.25) is 0 Å². The number of hydrogen-bond donors (Lipinski definition) is 1. The largest absolute Gasteiger partial charge is 0.351 e. The zero-order valence-corrected chi connectivity index (χ0v) is 15.5. The van der Waals surface area contributed by atoms with E-state index in [4.69, 9.17) is 12.2 Å². The van der Waals surface area contributed by atoms with Gasteiger partial charge in [0.05, 0.1) is 4.99 Å². The lowest BCUT2D eigenvalue weighted by molar-refractivity contribution is 0.579. The Morgan fingerprint density at radius 1 is 1.17 bits per heavy atom. The lowest BCUT2D eigenvalue weighted by Crippen LogP contribution is -2.14. The van der Waals surface area contributed by atoms with Crippen molar-refractivity contribution in [1.82, 2.24) is 4.57 Å². The van der Waals surface area contributed by atoms with E-state index in [1.54, 1.807) is 0 Å². The molecule has 23 heavy (non-hydrogen) atoms. The summed E-state index contributed by atoms with van der Waals surface area (Å²) in [7, 11) is 0. The van der Waals surface area contributed by atoms with Gasteiger partial charge in [0, 0.05) is 30.5 Å². The average molecular weight is 329 g/mol. The van der Waals surface area contributed by atoms with Crippen LogP contribution in [-0.4, -0.2) is 9.56 Å². The summed E-state index contributed by atoms with van der Waals surface area (Å²) in [6.07, 6.45) is 5.49. The Morgan fingerprint density at radius 3 is 2.48 bits per heavy atom. The third-order valence-electron chi connectivity index (χ3n) is 4.00. The minimum atomic E-state index is 0.167. The molecular formula is C20H28N2S.